The summed E-state index contributed by atoms with van der Waals surface area (Å²) in [6.45, 7) is 5.47. The largest absolute Gasteiger partial charge is 0.491 e. The zero-order chi connectivity index (χ0) is 19.0. The Balaban J connectivity index is 1.50. The van der Waals surface area contributed by atoms with Gasteiger partial charge in [-0.15, -0.1) is 0 Å². The molecule has 0 atom stereocenters. The number of amides is 1. The summed E-state index contributed by atoms with van der Waals surface area (Å²) in [6.07, 6.45) is 2.50. The lowest BCUT2D eigenvalue weighted by Crippen LogP contribution is -2.32. The first-order valence-corrected chi connectivity index (χ1v) is 9.25. The number of fused-ring (bicyclic) bond motifs is 2. The smallest absolute Gasteiger partial charge is 0.252 e. The second-order valence-electron chi connectivity index (χ2n) is 6.65. The quantitative estimate of drug-likeness (QED) is 0.693. The van der Waals surface area contributed by atoms with Crippen molar-refractivity contribution in [2.45, 2.75) is 33.2 Å². The van der Waals surface area contributed by atoms with Gasteiger partial charge >= 0.3 is 0 Å². The highest BCUT2D eigenvalue weighted by atomic mass is 35.5. The van der Waals surface area contributed by atoms with Gasteiger partial charge in [0.05, 0.1) is 6.54 Å². The molecule has 4 rings (SSSR count). The van der Waals surface area contributed by atoms with E-state index in [0.29, 0.717) is 43.3 Å². The lowest BCUT2D eigenvalue weighted by Gasteiger charge is -2.20. The van der Waals surface area contributed by atoms with Gasteiger partial charge in [-0.1, -0.05) is 11.6 Å². The minimum absolute atomic E-state index is 0.0870. The Hall–Kier alpha value is -2.67. The molecule has 3 aromatic rings. The molecule has 1 aromatic carbocycles. The van der Waals surface area contributed by atoms with Gasteiger partial charge in [0.1, 0.15) is 18.7 Å². The first-order chi connectivity index (χ1) is 13.0. The molecule has 8 heteroatoms. The van der Waals surface area contributed by atoms with Gasteiger partial charge in [-0.25, -0.2) is 9.50 Å². The predicted octanol–water partition coefficient (Wildman–Crippen LogP) is 2.75. The zero-order valence-electron chi connectivity index (χ0n) is 15.3. The van der Waals surface area contributed by atoms with Crippen LogP contribution in [0.1, 0.15) is 28.9 Å². The summed E-state index contributed by atoms with van der Waals surface area (Å²) in [4.78, 5) is 23.3. The lowest BCUT2D eigenvalue weighted by atomic mass is 10.1. The number of benzene rings is 1. The fraction of sp³-hybridized carbons (Fsp3) is 0.368. The number of carbonyl (C=O) groups excluding carboxylic acids is 1. The van der Waals surface area contributed by atoms with Gasteiger partial charge in [0.25, 0.3) is 5.78 Å². The van der Waals surface area contributed by atoms with Gasteiger partial charge in [0.15, 0.2) is 0 Å². The van der Waals surface area contributed by atoms with Gasteiger partial charge in [0, 0.05) is 34.9 Å². The standard InChI is InChI=1S/C19H20ClN5O2/c1-12-16(13(2)25-19(23-12)21-11-22-25)4-6-18(26)24-7-8-27-17-5-3-15(20)9-14(17)10-24/h3,5,9,11H,4,6-8,10H2,1-2H3. The van der Waals surface area contributed by atoms with Crippen molar-refractivity contribution in [3.8, 4) is 5.75 Å². The van der Waals surface area contributed by atoms with Crippen molar-refractivity contribution in [3.63, 3.8) is 0 Å². The summed E-state index contributed by atoms with van der Waals surface area (Å²) in [6, 6.07) is 5.52. The number of rotatable bonds is 3. The van der Waals surface area contributed by atoms with E-state index < -0.39 is 0 Å². The van der Waals surface area contributed by atoms with E-state index in [9.17, 15) is 4.79 Å². The molecular formula is C19H20ClN5O2. The van der Waals surface area contributed by atoms with Gasteiger partial charge in [-0.2, -0.15) is 10.1 Å². The lowest BCUT2D eigenvalue weighted by molar-refractivity contribution is -0.131. The van der Waals surface area contributed by atoms with E-state index in [2.05, 4.69) is 15.1 Å². The van der Waals surface area contributed by atoms with Crippen molar-refractivity contribution in [2.75, 3.05) is 13.2 Å². The van der Waals surface area contributed by atoms with E-state index in [1.807, 2.05) is 30.9 Å². The van der Waals surface area contributed by atoms with Crippen LogP contribution >= 0.6 is 11.6 Å². The number of aryl methyl sites for hydroxylation is 2. The molecule has 1 aliphatic heterocycles. The predicted molar refractivity (Wildman–Crippen MR) is 101 cm³/mol. The Morgan fingerprint density at radius 1 is 1.33 bits per heavy atom. The van der Waals surface area contributed by atoms with Crippen molar-refractivity contribution in [1.82, 2.24) is 24.5 Å². The Morgan fingerprint density at radius 2 is 2.19 bits per heavy atom. The van der Waals surface area contributed by atoms with Crippen molar-refractivity contribution in [1.29, 1.82) is 0 Å². The SMILES string of the molecule is Cc1nc2ncnn2c(C)c1CCC(=O)N1CCOc2ccc(Cl)cc2C1. The van der Waals surface area contributed by atoms with Crippen LogP contribution in [0.25, 0.3) is 5.78 Å². The molecular weight excluding hydrogens is 366 g/mol. The minimum Gasteiger partial charge on any atom is -0.491 e. The van der Waals surface area contributed by atoms with Crippen LogP contribution in [0.5, 0.6) is 5.75 Å². The highest BCUT2D eigenvalue weighted by Gasteiger charge is 2.21. The average Bonchev–Trinajstić information content (AvgIpc) is 3.00. The molecule has 1 amide bonds. The average molecular weight is 386 g/mol. The number of hydrogen-bond acceptors (Lipinski definition) is 5. The van der Waals surface area contributed by atoms with Gasteiger partial charge in [0.2, 0.25) is 5.91 Å². The number of hydrogen-bond donors (Lipinski definition) is 0. The van der Waals surface area contributed by atoms with E-state index in [0.717, 1.165) is 28.3 Å². The van der Waals surface area contributed by atoms with Crippen LogP contribution in [0.15, 0.2) is 24.5 Å². The molecule has 3 heterocycles. The number of aromatic nitrogens is 4. The topological polar surface area (TPSA) is 72.6 Å². The molecule has 0 bridgehead atoms. The normalized spacial score (nSPS) is 14.0. The van der Waals surface area contributed by atoms with Crippen LogP contribution in [0.2, 0.25) is 5.02 Å². The van der Waals surface area contributed by atoms with Crippen LogP contribution in [-0.2, 0) is 17.8 Å². The van der Waals surface area contributed by atoms with Crippen LogP contribution in [0, 0.1) is 13.8 Å². The first kappa shape index (κ1) is 17.7. The fourth-order valence-corrected chi connectivity index (χ4v) is 3.68. The van der Waals surface area contributed by atoms with Crippen molar-refractivity contribution < 1.29 is 9.53 Å². The van der Waals surface area contributed by atoms with Crippen molar-refractivity contribution >= 4 is 23.3 Å². The molecule has 0 saturated heterocycles. The van der Waals surface area contributed by atoms with Gasteiger partial charge in [-0.3, -0.25) is 4.79 Å². The van der Waals surface area contributed by atoms with E-state index in [1.165, 1.54) is 6.33 Å². The Kier molecular flexibility index (Phi) is 4.70. The molecule has 1 aliphatic rings. The van der Waals surface area contributed by atoms with Crippen LogP contribution < -0.4 is 4.74 Å². The molecule has 0 fully saturated rings. The highest BCUT2D eigenvalue weighted by Crippen LogP contribution is 2.27. The zero-order valence-corrected chi connectivity index (χ0v) is 16.0. The summed E-state index contributed by atoms with van der Waals surface area (Å²) < 4.78 is 7.46. The minimum atomic E-state index is 0.0870. The molecule has 0 spiro atoms. The number of carbonyl (C=O) groups is 1. The number of ether oxygens (including phenoxy) is 1. The van der Waals surface area contributed by atoms with E-state index in [-0.39, 0.29) is 5.91 Å². The second-order valence-corrected chi connectivity index (χ2v) is 7.09. The van der Waals surface area contributed by atoms with Gasteiger partial charge in [-0.05, 0) is 44.0 Å². The summed E-state index contributed by atoms with van der Waals surface area (Å²) in [5, 5.41) is 4.84. The van der Waals surface area contributed by atoms with Crippen LogP contribution in [0.3, 0.4) is 0 Å². The molecule has 140 valence electrons. The molecule has 0 unspecified atom stereocenters. The van der Waals surface area contributed by atoms with Crippen molar-refractivity contribution in [3.05, 3.63) is 52.1 Å². The maximum atomic E-state index is 12.8. The number of halogens is 1. The first-order valence-electron chi connectivity index (χ1n) is 8.88. The fourth-order valence-electron chi connectivity index (χ4n) is 3.48. The Bertz CT molecular complexity index is 1020. The summed E-state index contributed by atoms with van der Waals surface area (Å²) >= 11 is 6.09. The van der Waals surface area contributed by atoms with E-state index in [4.69, 9.17) is 16.3 Å². The van der Waals surface area contributed by atoms with Gasteiger partial charge < -0.3 is 9.64 Å². The number of nitrogens with zero attached hydrogens (tertiary/aromatic N) is 5. The van der Waals surface area contributed by atoms with E-state index >= 15 is 0 Å². The molecule has 2 aromatic heterocycles. The van der Waals surface area contributed by atoms with Crippen LogP contribution in [-0.4, -0.2) is 43.5 Å². The maximum Gasteiger partial charge on any atom is 0.252 e. The van der Waals surface area contributed by atoms with Crippen LogP contribution in [0.4, 0.5) is 0 Å². The molecule has 7 nitrogen and oxygen atoms in total. The molecule has 0 N–H and O–H groups in total. The maximum absolute atomic E-state index is 12.8. The molecule has 0 saturated carbocycles. The second kappa shape index (κ2) is 7.15. The Labute approximate surface area is 161 Å². The third-order valence-electron chi connectivity index (χ3n) is 4.93. The summed E-state index contributed by atoms with van der Waals surface area (Å²) in [7, 11) is 0. The third-order valence-corrected chi connectivity index (χ3v) is 5.17. The molecule has 0 radical (unpaired) electrons. The summed E-state index contributed by atoms with van der Waals surface area (Å²) in [5.74, 6) is 1.46. The molecule has 0 aliphatic carbocycles. The van der Waals surface area contributed by atoms with Crippen molar-refractivity contribution in [2.24, 2.45) is 0 Å². The summed E-state index contributed by atoms with van der Waals surface area (Å²) in [5.41, 5.74) is 3.83. The van der Waals surface area contributed by atoms with E-state index in [1.54, 1.807) is 10.6 Å². The molecule has 27 heavy (non-hydrogen) atoms. The monoisotopic (exact) mass is 385 g/mol. The highest BCUT2D eigenvalue weighted by molar-refractivity contribution is 6.30. The third kappa shape index (κ3) is 3.47. The Morgan fingerprint density at radius 3 is 3.04 bits per heavy atom.